The lowest BCUT2D eigenvalue weighted by molar-refractivity contribution is -0.148. The number of esters is 1. The third-order valence-electron chi connectivity index (χ3n) is 5.91. The third kappa shape index (κ3) is 4.24. The van der Waals surface area contributed by atoms with Gasteiger partial charge in [-0.25, -0.2) is 15.0 Å². The van der Waals surface area contributed by atoms with Crippen molar-refractivity contribution >= 4 is 17.7 Å². The predicted molar refractivity (Wildman–Crippen MR) is 127 cm³/mol. The molecule has 1 saturated heterocycles. The second-order valence-corrected chi connectivity index (χ2v) is 8.02. The highest BCUT2D eigenvalue weighted by atomic mass is 16.5. The van der Waals surface area contributed by atoms with Crippen molar-refractivity contribution in [1.82, 2.24) is 15.0 Å². The fraction of sp³-hybridized carbons (Fsp3) is 0.280. The maximum atomic E-state index is 12.1. The second kappa shape index (κ2) is 9.38. The Kier molecular flexibility index (Phi) is 5.99. The van der Waals surface area contributed by atoms with Crippen molar-refractivity contribution in [3.63, 3.8) is 0 Å². The Morgan fingerprint density at radius 3 is 2.29 bits per heavy atom. The third-order valence-corrected chi connectivity index (χ3v) is 5.91. The van der Waals surface area contributed by atoms with E-state index >= 15 is 0 Å². The Hall–Kier alpha value is -4.14. The molecule has 9 nitrogen and oxygen atoms in total. The van der Waals surface area contributed by atoms with E-state index in [9.17, 15) is 4.79 Å². The van der Waals surface area contributed by atoms with Gasteiger partial charge in [0.05, 0.1) is 25.1 Å². The van der Waals surface area contributed by atoms with Crippen molar-refractivity contribution in [3.8, 4) is 34.0 Å². The highest BCUT2D eigenvalue weighted by Crippen LogP contribution is 2.39. The molecular weight excluding hydrogens is 434 g/mol. The van der Waals surface area contributed by atoms with Crippen molar-refractivity contribution in [2.45, 2.75) is 19.8 Å². The van der Waals surface area contributed by atoms with Gasteiger partial charge in [0.25, 0.3) is 0 Å². The minimum atomic E-state index is -0.117. The Morgan fingerprint density at radius 2 is 1.74 bits per heavy atom. The first-order chi connectivity index (χ1) is 16.6. The van der Waals surface area contributed by atoms with E-state index in [1.807, 2.05) is 31.2 Å². The van der Waals surface area contributed by atoms with Crippen LogP contribution in [0.25, 0.3) is 34.0 Å². The number of carbonyl (C=O) groups excluding carboxylic acids is 1. The summed E-state index contributed by atoms with van der Waals surface area (Å²) in [5.74, 6) is 1.90. The van der Waals surface area contributed by atoms with E-state index in [0.29, 0.717) is 42.6 Å². The Bertz CT molecular complexity index is 1210. The van der Waals surface area contributed by atoms with Crippen LogP contribution >= 0.6 is 0 Å². The van der Waals surface area contributed by atoms with Crippen molar-refractivity contribution in [3.05, 3.63) is 55.1 Å². The topological polar surface area (TPSA) is 121 Å². The van der Waals surface area contributed by atoms with Gasteiger partial charge in [-0.05, 0) is 61.7 Å². The van der Waals surface area contributed by atoms with Gasteiger partial charge in [-0.3, -0.25) is 4.79 Å². The molecule has 0 saturated carbocycles. The highest BCUT2D eigenvalue weighted by molar-refractivity contribution is 5.90. The van der Waals surface area contributed by atoms with Gasteiger partial charge in [0.1, 0.15) is 17.2 Å². The number of piperidine rings is 1. The molecule has 0 aliphatic carbocycles. The van der Waals surface area contributed by atoms with E-state index in [2.05, 4.69) is 19.9 Å². The average Bonchev–Trinajstić information content (AvgIpc) is 3.59. The van der Waals surface area contributed by atoms with Gasteiger partial charge in [-0.1, -0.05) is 0 Å². The summed E-state index contributed by atoms with van der Waals surface area (Å²) in [6, 6.07) is 11.2. The van der Waals surface area contributed by atoms with Crippen LogP contribution in [0, 0.1) is 5.92 Å². The number of hydrogen-bond acceptors (Lipinski definition) is 9. The smallest absolute Gasteiger partial charge is 0.309 e. The molecule has 1 aliphatic heterocycles. The van der Waals surface area contributed by atoms with E-state index in [0.717, 1.165) is 29.8 Å². The van der Waals surface area contributed by atoms with Gasteiger partial charge in [0, 0.05) is 24.8 Å². The van der Waals surface area contributed by atoms with E-state index in [-0.39, 0.29) is 17.8 Å². The molecule has 0 bridgehead atoms. The lowest BCUT2D eigenvalue weighted by atomic mass is 9.96. The molecule has 0 spiro atoms. The van der Waals surface area contributed by atoms with E-state index in [1.54, 1.807) is 30.9 Å². The van der Waals surface area contributed by atoms with Gasteiger partial charge in [-0.15, -0.1) is 0 Å². The fourth-order valence-corrected chi connectivity index (χ4v) is 4.29. The largest absolute Gasteiger partial charge is 0.466 e. The molecule has 34 heavy (non-hydrogen) atoms. The molecule has 9 heteroatoms. The Labute approximate surface area is 196 Å². The van der Waals surface area contributed by atoms with Crippen molar-refractivity contribution < 1.29 is 18.4 Å². The molecule has 1 fully saturated rings. The summed E-state index contributed by atoms with van der Waals surface area (Å²) in [6.07, 6.45) is 6.40. The van der Waals surface area contributed by atoms with Crippen molar-refractivity contribution in [2.75, 3.05) is 30.3 Å². The van der Waals surface area contributed by atoms with Crippen LogP contribution in [0.2, 0.25) is 0 Å². The first-order valence-corrected chi connectivity index (χ1v) is 11.3. The lowest BCUT2D eigenvalue weighted by Crippen LogP contribution is -2.37. The summed E-state index contributed by atoms with van der Waals surface area (Å²) in [6.45, 7) is 3.67. The molecule has 5 heterocycles. The molecule has 1 aliphatic rings. The first-order valence-electron chi connectivity index (χ1n) is 11.3. The quantitative estimate of drug-likeness (QED) is 0.418. The number of anilines is 2. The lowest BCUT2D eigenvalue weighted by Gasteiger charge is -2.32. The summed E-state index contributed by atoms with van der Waals surface area (Å²) >= 11 is 0. The zero-order valence-corrected chi connectivity index (χ0v) is 18.8. The van der Waals surface area contributed by atoms with Crippen LogP contribution in [0.15, 0.2) is 64.0 Å². The average molecular weight is 460 g/mol. The van der Waals surface area contributed by atoms with Gasteiger partial charge in [-0.2, -0.15) is 0 Å². The summed E-state index contributed by atoms with van der Waals surface area (Å²) in [4.78, 5) is 27.9. The SMILES string of the molecule is CCOC(=O)C1CCN(c2cc(-c3c(-c4ccco4)nc(N)nc3-c3ccco3)ccn2)CC1. The summed E-state index contributed by atoms with van der Waals surface area (Å²) in [5.41, 5.74) is 8.80. The normalized spacial score (nSPS) is 14.3. The molecule has 4 aromatic rings. The van der Waals surface area contributed by atoms with E-state index < -0.39 is 0 Å². The second-order valence-electron chi connectivity index (χ2n) is 8.02. The monoisotopic (exact) mass is 459 g/mol. The maximum Gasteiger partial charge on any atom is 0.309 e. The summed E-state index contributed by atoms with van der Waals surface area (Å²) in [7, 11) is 0. The van der Waals surface area contributed by atoms with Crippen molar-refractivity contribution in [1.29, 1.82) is 0 Å². The van der Waals surface area contributed by atoms with Gasteiger partial charge in [0.15, 0.2) is 11.5 Å². The van der Waals surface area contributed by atoms with Crippen LogP contribution in [0.5, 0.6) is 0 Å². The van der Waals surface area contributed by atoms with Gasteiger partial charge in [0.2, 0.25) is 5.95 Å². The van der Waals surface area contributed by atoms with Crippen LogP contribution in [0.3, 0.4) is 0 Å². The molecule has 5 rings (SSSR count). The molecule has 4 aromatic heterocycles. The number of furan rings is 2. The van der Waals surface area contributed by atoms with E-state index in [1.165, 1.54) is 0 Å². The first kappa shape index (κ1) is 21.7. The number of hydrogen-bond donors (Lipinski definition) is 1. The zero-order valence-electron chi connectivity index (χ0n) is 18.8. The van der Waals surface area contributed by atoms with Crippen molar-refractivity contribution in [2.24, 2.45) is 5.92 Å². The molecule has 174 valence electrons. The van der Waals surface area contributed by atoms with Gasteiger partial charge < -0.3 is 24.2 Å². The molecule has 0 unspecified atom stereocenters. The Balaban J connectivity index is 1.53. The maximum absolute atomic E-state index is 12.1. The molecule has 2 N–H and O–H groups in total. The summed E-state index contributed by atoms with van der Waals surface area (Å²) < 4.78 is 16.5. The van der Waals surface area contributed by atoms with Crippen LogP contribution in [0.4, 0.5) is 11.8 Å². The number of nitrogens with two attached hydrogens (primary N) is 1. The fourth-order valence-electron chi connectivity index (χ4n) is 4.29. The van der Waals surface area contributed by atoms with E-state index in [4.69, 9.17) is 19.3 Å². The number of carbonyl (C=O) groups is 1. The van der Waals surface area contributed by atoms with Crippen LogP contribution in [-0.2, 0) is 9.53 Å². The number of ether oxygens (including phenoxy) is 1. The molecule has 0 aromatic carbocycles. The zero-order chi connectivity index (χ0) is 23.5. The minimum absolute atomic E-state index is 0.0685. The highest BCUT2D eigenvalue weighted by Gasteiger charge is 2.27. The number of nitrogen functional groups attached to an aromatic ring is 1. The number of rotatable bonds is 6. The predicted octanol–water partition coefficient (Wildman–Crippen LogP) is 4.42. The van der Waals surface area contributed by atoms with Gasteiger partial charge >= 0.3 is 5.97 Å². The minimum Gasteiger partial charge on any atom is -0.466 e. The summed E-state index contributed by atoms with van der Waals surface area (Å²) in [5, 5.41) is 0. The molecule has 0 atom stereocenters. The molecule has 0 amide bonds. The van der Waals surface area contributed by atoms with Crippen LogP contribution in [0.1, 0.15) is 19.8 Å². The molecular formula is C25H25N5O4. The number of nitrogens with zero attached hydrogens (tertiary/aromatic N) is 4. The Morgan fingerprint density at radius 1 is 1.09 bits per heavy atom. The number of aromatic nitrogens is 3. The van der Waals surface area contributed by atoms with Crippen LogP contribution < -0.4 is 10.6 Å². The van der Waals surface area contributed by atoms with Crippen LogP contribution in [-0.4, -0.2) is 40.6 Å². The standard InChI is InChI=1S/C25H25N5O4/c1-2-32-24(31)16-8-11-30(12-9-16)20-15-17(7-10-27-20)21-22(18-5-3-13-33-18)28-25(26)29-23(21)19-6-4-14-34-19/h3-7,10,13-16H,2,8-9,11-12H2,1H3,(H2,26,28,29). The molecule has 0 radical (unpaired) electrons. The number of pyridine rings is 1.